The molecule has 0 aliphatic carbocycles. The van der Waals surface area contributed by atoms with E-state index in [1.54, 1.807) is 35.2 Å². The van der Waals surface area contributed by atoms with Crippen LogP contribution in [0.2, 0.25) is 10.0 Å². The summed E-state index contributed by atoms with van der Waals surface area (Å²) in [5, 5.41) is 14.4. The van der Waals surface area contributed by atoms with Gasteiger partial charge in [0.1, 0.15) is 5.82 Å². The monoisotopic (exact) mass is 382 g/mol. The van der Waals surface area contributed by atoms with E-state index in [4.69, 9.17) is 23.2 Å². The number of hydrogen-bond donors (Lipinski definition) is 2. The molecule has 2 aromatic rings. The number of piperidine rings is 1. The van der Waals surface area contributed by atoms with Crippen molar-refractivity contribution in [1.29, 1.82) is 0 Å². The number of halogens is 3. The van der Waals surface area contributed by atoms with Crippen molar-refractivity contribution in [1.82, 2.24) is 4.90 Å². The molecular weight excluding hydrogens is 366 g/mol. The van der Waals surface area contributed by atoms with E-state index in [0.717, 1.165) is 0 Å². The Kier molecular flexibility index (Phi) is 5.18. The van der Waals surface area contributed by atoms with Crippen molar-refractivity contribution in [3.63, 3.8) is 0 Å². The van der Waals surface area contributed by atoms with Gasteiger partial charge in [-0.05, 0) is 48.7 Å². The molecule has 1 saturated heterocycles. The first-order valence-electron chi connectivity index (χ1n) is 7.86. The molecule has 0 bridgehead atoms. The first kappa shape index (κ1) is 18.0. The zero-order chi connectivity index (χ0) is 18.0. The highest BCUT2D eigenvalue weighted by molar-refractivity contribution is 6.35. The number of carbonyl (C=O) groups is 1. The number of carbonyl (C=O) groups excluding carboxylic acids is 1. The Balaban J connectivity index is 1.63. The number of nitrogens with zero attached hydrogens (tertiary/aromatic N) is 1. The van der Waals surface area contributed by atoms with Crippen molar-refractivity contribution in [3.05, 3.63) is 63.9 Å². The van der Waals surface area contributed by atoms with Crippen LogP contribution in [-0.4, -0.2) is 29.1 Å². The van der Waals surface area contributed by atoms with Crippen molar-refractivity contribution < 1.29 is 14.3 Å². The fraction of sp³-hybridized carbons (Fsp3) is 0.278. The van der Waals surface area contributed by atoms with Crippen molar-refractivity contribution in [2.75, 3.05) is 18.4 Å². The molecule has 7 heteroatoms. The van der Waals surface area contributed by atoms with Gasteiger partial charge in [-0.2, -0.15) is 0 Å². The molecule has 0 saturated carbocycles. The van der Waals surface area contributed by atoms with Gasteiger partial charge in [0.25, 0.3) is 0 Å². The van der Waals surface area contributed by atoms with Gasteiger partial charge >= 0.3 is 6.03 Å². The van der Waals surface area contributed by atoms with Crippen molar-refractivity contribution in [2.45, 2.75) is 18.4 Å². The van der Waals surface area contributed by atoms with Gasteiger partial charge in [0.2, 0.25) is 0 Å². The maximum Gasteiger partial charge on any atom is 0.321 e. The predicted molar refractivity (Wildman–Crippen MR) is 96.6 cm³/mol. The van der Waals surface area contributed by atoms with E-state index >= 15 is 0 Å². The van der Waals surface area contributed by atoms with E-state index < -0.39 is 5.60 Å². The highest BCUT2D eigenvalue weighted by atomic mass is 35.5. The van der Waals surface area contributed by atoms with Gasteiger partial charge in [-0.15, -0.1) is 0 Å². The zero-order valence-corrected chi connectivity index (χ0v) is 14.8. The van der Waals surface area contributed by atoms with Crippen LogP contribution < -0.4 is 5.32 Å². The van der Waals surface area contributed by atoms with Crippen LogP contribution in [-0.2, 0) is 5.60 Å². The van der Waals surface area contributed by atoms with Gasteiger partial charge in [0.05, 0.1) is 5.60 Å². The number of amides is 2. The minimum Gasteiger partial charge on any atom is -0.385 e. The Hall–Kier alpha value is -1.82. The lowest BCUT2D eigenvalue weighted by Crippen LogP contribution is -2.46. The van der Waals surface area contributed by atoms with Crippen LogP contribution in [0.4, 0.5) is 14.9 Å². The summed E-state index contributed by atoms with van der Waals surface area (Å²) in [5.74, 6) is -0.343. The van der Waals surface area contributed by atoms with Gasteiger partial charge in [-0.3, -0.25) is 0 Å². The summed E-state index contributed by atoms with van der Waals surface area (Å²) in [7, 11) is 0. The molecule has 0 aromatic heterocycles. The molecule has 3 rings (SSSR count). The Morgan fingerprint density at radius 2 is 1.64 bits per heavy atom. The molecular formula is C18H17Cl2FN2O2. The van der Waals surface area contributed by atoms with Gasteiger partial charge < -0.3 is 15.3 Å². The summed E-state index contributed by atoms with van der Waals surface area (Å²) in [5.41, 5.74) is 0.126. The molecule has 4 nitrogen and oxygen atoms in total. The summed E-state index contributed by atoms with van der Waals surface area (Å²) in [6.45, 7) is 0.766. The van der Waals surface area contributed by atoms with Gasteiger partial charge in [0.15, 0.2) is 0 Å². The second kappa shape index (κ2) is 7.20. The minimum atomic E-state index is -1.05. The van der Waals surface area contributed by atoms with E-state index in [1.807, 2.05) is 0 Å². The average Bonchev–Trinajstić information content (AvgIpc) is 2.55. The van der Waals surface area contributed by atoms with Crippen LogP contribution in [0, 0.1) is 5.82 Å². The van der Waals surface area contributed by atoms with Crippen LogP contribution in [0.5, 0.6) is 0 Å². The molecule has 25 heavy (non-hydrogen) atoms. The third-order valence-electron chi connectivity index (χ3n) is 4.37. The third-order valence-corrected chi connectivity index (χ3v) is 4.81. The van der Waals surface area contributed by atoms with E-state index in [2.05, 4.69) is 5.32 Å². The molecule has 0 unspecified atom stereocenters. The van der Waals surface area contributed by atoms with Crippen LogP contribution in [0.25, 0.3) is 0 Å². The number of rotatable bonds is 2. The second-order valence-electron chi connectivity index (χ2n) is 6.11. The summed E-state index contributed by atoms with van der Waals surface area (Å²) in [4.78, 5) is 14.0. The lowest BCUT2D eigenvalue weighted by molar-refractivity contribution is -0.0157. The van der Waals surface area contributed by atoms with Gasteiger partial charge in [-0.25, -0.2) is 9.18 Å². The Bertz CT molecular complexity index is 755. The molecule has 1 aliphatic heterocycles. The molecule has 132 valence electrons. The number of likely N-dealkylation sites (tertiary alicyclic amines) is 1. The average molecular weight is 383 g/mol. The smallest absolute Gasteiger partial charge is 0.321 e. The molecule has 0 radical (unpaired) electrons. The first-order valence-corrected chi connectivity index (χ1v) is 8.62. The maximum absolute atomic E-state index is 13.0. The summed E-state index contributed by atoms with van der Waals surface area (Å²) in [6.07, 6.45) is 0.755. The van der Waals surface area contributed by atoms with Gasteiger partial charge in [0, 0.05) is 28.8 Å². The number of anilines is 1. The van der Waals surface area contributed by atoms with E-state index in [0.29, 0.717) is 47.2 Å². The molecule has 0 atom stereocenters. The molecule has 1 aliphatic rings. The van der Waals surface area contributed by atoms with Crippen LogP contribution in [0.1, 0.15) is 18.4 Å². The van der Waals surface area contributed by atoms with Gasteiger partial charge in [-0.1, -0.05) is 35.3 Å². The number of aliphatic hydroxyl groups is 1. The molecule has 2 N–H and O–H groups in total. The van der Waals surface area contributed by atoms with Crippen molar-refractivity contribution in [3.8, 4) is 0 Å². The molecule has 2 aromatic carbocycles. The standard InChI is InChI=1S/C18H17Cl2FN2O2/c19-13-9-14(20)11-16(10-13)22-17(24)23-7-5-18(25,6-8-23)12-1-3-15(21)4-2-12/h1-4,9-11,25H,5-8H2,(H,22,24). The fourth-order valence-corrected chi connectivity index (χ4v) is 3.48. The van der Waals surface area contributed by atoms with E-state index in [1.165, 1.54) is 12.1 Å². The normalized spacial score (nSPS) is 16.6. The van der Waals surface area contributed by atoms with Crippen molar-refractivity contribution >= 4 is 34.9 Å². The maximum atomic E-state index is 13.0. The molecule has 2 amide bonds. The van der Waals surface area contributed by atoms with E-state index in [-0.39, 0.29) is 11.8 Å². The second-order valence-corrected chi connectivity index (χ2v) is 6.99. The van der Waals surface area contributed by atoms with E-state index in [9.17, 15) is 14.3 Å². The minimum absolute atomic E-state index is 0.278. The summed E-state index contributed by atoms with van der Waals surface area (Å²) < 4.78 is 13.0. The quantitative estimate of drug-likeness (QED) is 0.794. The zero-order valence-electron chi connectivity index (χ0n) is 13.3. The van der Waals surface area contributed by atoms with Crippen LogP contribution in [0.15, 0.2) is 42.5 Å². The number of benzene rings is 2. The summed E-state index contributed by atoms with van der Waals surface area (Å²) in [6, 6.07) is 10.4. The first-order chi connectivity index (χ1) is 11.9. The molecule has 0 spiro atoms. The number of urea groups is 1. The third kappa shape index (κ3) is 4.24. The highest BCUT2D eigenvalue weighted by Crippen LogP contribution is 2.33. The fourth-order valence-electron chi connectivity index (χ4n) is 2.96. The lowest BCUT2D eigenvalue weighted by atomic mass is 9.84. The predicted octanol–water partition coefficient (Wildman–Crippen LogP) is 4.65. The number of hydrogen-bond acceptors (Lipinski definition) is 2. The van der Waals surface area contributed by atoms with Crippen LogP contribution in [0.3, 0.4) is 0 Å². The van der Waals surface area contributed by atoms with Crippen molar-refractivity contribution in [2.24, 2.45) is 0 Å². The summed E-state index contributed by atoms with van der Waals surface area (Å²) >= 11 is 11.9. The SMILES string of the molecule is O=C(Nc1cc(Cl)cc(Cl)c1)N1CCC(O)(c2ccc(F)cc2)CC1. The van der Waals surface area contributed by atoms with Crippen LogP contribution >= 0.6 is 23.2 Å². The Morgan fingerprint density at radius 3 is 2.20 bits per heavy atom. The number of nitrogens with one attached hydrogen (secondary N) is 1. The lowest BCUT2D eigenvalue weighted by Gasteiger charge is -2.38. The molecule has 1 fully saturated rings. The Morgan fingerprint density at radius 1 is 1.08 bits per heavy atom. The largest absolute Gasteiger partial charge is 0.385 e. The Labute approximate surface area is 155 Å². The molecule has 1 heterocycles. The topological polar surface area (TPSA) is 52.6 Å². The highest BCUT2D eigenvalue weighted by Gasteiger charge is 2.35.